The van der Waals surface area contributed by atoms with Crippen LogP contribution in [0.2, 0.25) is 0 Å². The second-order valence-electron chi connectivity index (χ2n) is 4.72. The first-order valence-electron chi connectivity index (χ1n) is 6.03. The molecule has 0 aliphatic carbocycles. The standard InChI is InChI=1S/C13H13F3N2O2/c1-7-2-3-9(5-10(7)13(14,15)16)18-12(20)8-4-11(19)17-6-8/h2-3,5,8H,4,6H2,1H3,(H,17,19)(H,18,20). The fourth-order valence-electron chi connectivity index (χ4n) is 2.04. The van der Waals surface area contributed by atoms with Gasteiger partial charge in [0.05, 0.1) is 11.5 Å². The average molecular weight is 286 g/mol. The smallest absolute Gasteiger partial charge is 0.355 e. The number of hydrogen-bond acceptors (Lipinski definition) is 2. The van der Waals surface area contributed by atoms with E-state index >= 15 is 0 Å². The second kappa shape index (κ2) is 5.15. The van der Waals surface area contributed by atoms with Gasteiger partial charge >= 0.3 is 6.18 Å². The molecule has 1 aromatic rings. The van der Waals surface area contributed by atoms with Crippen LogP contribution in [0.1, 0.15) is 17.5 Å². The van der Waals surface area contributed by atoms with Gasteiger partial charge in [0.1, 0.15) is 0 Å². The molecule has 0 spiro atoms. The van der Waals surface area contributed by atoms with Crippen LogP contribution in [0, 0.1) is 12.8 Å². The van der Waals surface area contributed by atoms with E-state index in [-0.39, 0.29) is 30.1 Å². The Labute approximate surface area is 113 Å². The third kappa shape index (κ3) is 3.09. The van der Waals surface area contributed by atoms with E-state index in [2.05, 4.69) is 10.6 Å². The van der Waals surface area contributed by atoms with E-state index in [1.54, 1.807) is 0 Å². The summed E-state index contributed by atoms with van der Waals surface area (Å²) in [5.74, 6) is -1.23. The van der Waals surface area contributed by atoms with Crippen LogP contribution in [0.15, 0.2) is 18.2 Å². The number of halogens is 3. The van der Waals surface area contributed by atoms with Gasteiger partial charge in [0.15, 0.2) is 0 Å². The van der Waals surface area contributed by atoms with Crippen LogP contribution in [0.5, 0.6) is 0 Å². The zero-order valence-electron chi connectivity index (χ0n) is 10.7. The number of nitrogens with one attached hydrogen (secondary N) is 2. The molecular weight excluding hydrogens is 273 g/mol. The number of benzene rings is 1. The summed E-state index contributed by atoms with van der Waals surface area (Å²) >= 11 is 0. The zero-order valence-corrected chi connectivity index (χ0v) is 10.7. The van der Waals surface area contributed by atoms with E-state index in [4.69, 9.17) is 0 Å². The number of rotatable bonds is 2. The number of anilines is 1. The van der Waals surface area contributed by atoms with Gasteiger partial charge in [-0.3, -0.25) is 9.59 Å². The highest BCUT2D eigenvalue weighted by Crippen LogP contribution is 2.33. The minimum atomic E-state index is -4.46. The summed E-state index contributed by atoms with van der Waals surface area (Å²) in [6, 6.07) is 3.61. The highest BCUT2D eigenvalue weighted by molar-refractivity contribution is 5.97. The molecule has 1 aromatic carbocycles. The van der Waals surface area contributed by atoms with E-state index in [0.717, 1.165) is 6.07 Å². The minimum absolute atomic E-state index is 0.0593. The fraction of sp³-hybridized carbons (Fsp3) is 0.385. The van der Waals surface area contributed by atoms with E-state index < -0.39 is 23.6 Å². The summed E-state index contributed by atoms with van der Waals surface area (Å²) in [6.45, 7) is 1.57. The summed E-state index contributed by atoms with van der Waals surface area (Å²) in [5, 5.41) is 4.91. The Kier molecular flexibility index (Phi) is 3.69. The average Bonchev–Trinajstić information content (AvgIpc) is 2.77. The van der Waals surface area contributed by atoms with Crippen molar-refractivity contribution in [3.05, 3.63) is 29.3 Å². The summed E-state index contributed by atoms with van der Waals surface area (Å²) < 4.78 is 38.3. The SMILES string of the molecule is Cc1ccc(NC(=O)C2CNC(=O)C2)cc1C(F)(F)F. The van der Waals surface area contributed by atoms with Crippen molar-refractivity contribution in [2.24, 2.45) is 5.92 Å². The highest BCUT2D eigenvalue weighted by atomic mass is 19.4. The molecule has 2 rings (SSSR count). The third-order valence-electron chi connectivity index (χ3n) is 3.16. The molecule has 1 fully saturated rings. The number of aryl methyl sites for hydroxylation is 1. The summed E-state index contributed by atoms with van der Waals surface area (Å²) in [7, 11) is 0. The van der Waals surface area contributed by atoms with Crippen molar-refractivity contribution in [2.45, 2.75) is 19.5 Å². The molecule has 0 bridgehead atoms. The van der Waals surface area contributed by atoms with Crippen molar-refractivity contribution in [1.29, 1.82) is 0 Å². The molecule has 1 saturated heterocycles. The molecule has 20 heavy (non-hydrogen) atoms. The van der Waals surface area contributed by atoms with Gasteiger partial charge in [-0.05, 0) is 24.6 Å². The van der Waals surface area contributed by atoms with Crippen LogP contribution in [0.25, 0.3) is 0 Å². The predicted octanol–water partition coefficient (Wildman–Crippen LogP) is 2.09. The molecule has 0 saturated carbocycles. The molecule has 0 radical (unpaired) electrons. The van der Waals surface area contributed by atoms with Gasteiger partial charge in [-0.25, -0.2) is 0 Å². The predicted molar refractivity (Wildman–Crippen MR) is 65.9 cm³/mol. The monoisotopic (exact) mass is 286 g/mol. The Morgan fingerprint density at radius 3 is 2.65 bits per heavy atom. The van der Waals surface area contributed by atoms with Crippen LogP contribution < -0.4 is 10.6 Å². The van der Waals surface area contributed by atoms with E-state index in [1.807, 2.05) is 0 Å². The molecular formula is C13H13F3N2O2. The number of amides is 2. The topological polar surface area (TPSA) is 58.2 Å². The van der Waals surface area contributed by atoms with Crippen molar-refractivity contribution in [1.82, 2.24) is 5.32 Å². The molecule has 1 heterocycles. The Hall–Kier alpha value is -2.05. The molecule has 0 aromatic heterocycles. The number of carbonyl (C=O) groups is 2. The van der Waals surface area contributed by atoms with Crippen molar-refractivity contribution < 1.29 is 22.8 Å². The summed E-state index contributed by atoms with van der Waals surface area (Å²) in [4.78, 5) is 22.8. The number of alkyl halides is 3. The number of carbonyl (C=O) groups excluding carboxylic acids is 2. The van der Waals surface area contributed by atoms with Gasteiger partial charge in [-0.1, -0.05) is 6.07 Å². The maximum atomic E-state index is 12.8. The summed E-state index contributed by atoms with van der Waals surface area (Å²) in [5.41, 5.74) is -0.614. The molecule has 2 amide bonds. The van der Waals surface area contributed by atoms with Crippen LogP contribution in [0.4, 0.5) is 18.9 Å². The van der Waals surface area contributed by atoms with E-state index in [0.29, 0.717) is 0 Å². The first kappa shape index (κ1) is 14.4. The third-order valence-corrected chi connectivity index (χ3v) is 3.16. The second-order valence-corrected chi connectivity index (χ2v) is 4.72. The lowest BCUT2D eigenvalue weighted by Gasteiger charge is -2.14. The molecule has 1 aliphatic heterocycles. The highest BCUT2D eigenvalue weighted by Gasteiger charge is 2.33. The molecule has 4 nitrogen and oxygen atoms in total. The Bertz CT molecular complexity index is 555. The van der Waals surface area contributed by atoms with Gasteiger partial charge in [0.25, 0.3) is 0 Å². The minimum Gasteiger partial charge on any atom is -0.355 e. The van der Waals surface area contributed by atoms with E-state index in [9.17, 15) is 22.8 Å². The molecule has 1 unspecified atom stereocenters. The van der Waals surface area contributed by atoms with Crippen LogP contribution in [-0.4, -0.2) is 18.4 Å². The van der Waals surface area contributed by atoms with Crippen molar-refractivity contribution >= 4 is 17.5 Å². The largest absolute Gasteiger partial charge is 0.416 e. The first-order chi connectivity index (χ1) is 9.27. The molecule has 1 atom stereocenters. The molecule has 1 aliphatic rings. The van der Waals surface area contributed by atoms with Gasteiger partial charge in [-0.2, -0.15) is 13.2 Å². The quantitative estimate of drug-likeness (QED) is 0.874. The Morgan fingerprint density at radius 1 is 1.40 bits per heavy atom. The van der Waals surface area contributed by atoms with Gasteiger partial charge in [0, 0.05) is 18.7 Å². The van der Waals surface area contributed by atoms with Crippen molar-refractivity contribution in [3.8, 4) is 0 Å². The van der Waals surface area contributed by atoms with Gasteiger partial charge in [0.2, 0.25) is 11.8 Å². The lowest BCUT2D eigenvalue weighted by atomic mass is 10.1. The van der Waals surface area contributed by atoms with E-state index in [1.165, 1.54) is 19.1 Å². The lowest BCUT2D eigenvalue weighted by molar-refractivity contribution is -0.138. The van der Waals surface area contributed by atoms with Crippen molar-refractivity contribution in [3.63, 3.8) is 0 Å². The lowest BCUT2D eigenvalue weighted by Crippen LogP contribution is -2.24. The fourth-order valence-corrected chi connectivity index (χ4v) is 2.04. The summed E-state index contributed by atoms with van der Waals surface area (Å²) in [6.07, 6.45) is -4.40. The van der Waals surface area contributed by atoms with Gasteiger partial charge < -0.3 is 10.6 Å². The number of hydrogen-bond donors (Lipinski definition) is 2. The molecule has 7 heteroatoms. The zero-order chi connectivity index (χ0) is 14.9. The van der Waals surface area contributed by atoms with Gasteiger partial charge in [-0.15, -0.1) is 0 Å². The normalized spacial score (nSPS) is 18.8. The first-order valence-corrected chi connectivity index (χ1v) is 6.03. The maximum Gasteiger partial charge on any atom is 0.416 e. The molecule has 108 valence electrons. The van der Waals surface area contributed by atoms with Crippen LogP contribution >= 0.6 is 0 Å². The van der Waals surface area contributed by atoms with Crippen LogP contribution in [0.3, 0.4) is 0 Å². The Morgan fingerprint density at radius 2 is 2.10 bits per heavy atom. The Balaban J connectivity index is 2.14. The van der Waals surface area contributed by atoms with Crippen LogP contribution in [-0.2, 0) is 15.8 Å². The maximum absolute atomic E-state index is 12.8. The molecule has 2 N–H and O–H groups in total. The van der Waals surface area contributed by atoms with Crippen molar-refractivity contribution in [2.75, 3.05) is 11.9 Å².